The minimum absolute atomic E-state index is 0.00506. The minimum atomic E-state index is -2.13. The number of aliphatic hydroxyl groups is 9. The molecule has 10 N–H and O–H groups in total. The van der Waals surface area contributed by atoms with E-state index in [9.17, 15) is 65.4 Å². The molecule has 3 heterocycles. The number of carboxylic acid groups (broad SMARTS) is 1. The Morgan fingerprint density at radius 1 is 0.750 bits per heavy atom. The average Bonchev–Trinajstić information content (AvgIpc) is 3.28. The zero-order valence-corrected chi connectivity index (χ0v) is 40.0. The van der Waals surface area contributed by atoms with Gasteiger partial charge in [0.15, 0.2) is 25.0 Å². The molecule has 0 aromatic carbocycles. The van der Waals surface area contributed by atoms with E-state index in [-0.39, 0.29) is 41.0 Å². The molecular formula is C48H74O20. The number of carboxylic acids is 1. The summed E-state index contributed by atoms with van der Waals surface area (Å²) >= 11 is 0. The van der Waals surface area contributed by atoms with Crippen LogP contribution in [-0.4, -0.2) is 188 Å². The summed E-state index contributed by atoms with van der Waals surface area (Å²) in [6.07, 6.45) is -19.7. The number of carbonyl (C=O) groups is 3. The lowest BCUT2D eigenvalue weighted by Gasteiger charge is -2.71. The number of methoxy groups -OCH3 is 1. The lowest BCUT2D eigenvalue weighted by molar-refractivity contribution is -0.391. The SMILES string of the molecule is COC(=O)[C@]12CCC(C)(C)CC1C1=CCC3C4(C)CC[C@H](O[C@@H]5OC(C(=O)O)[C@@H](O)C(O[C@@H]6OC[C@@H](O)C(O)C6O)[C@@H]5O[C@@H]5OC(CO)[C@H](O)C(O)[C@@H]5O)[C@](C)(C=O)C4CC[C@@]3(C)[C@]1(C)C[C@H]2O. The number of hydrogen-bond donors (Lipinski definition) is 10. The predicted molar refractivity (Wildman–Crippen MR) is 231 cm³/mol. The summed E-state index contributed by atoms with van der Waals surface area (Å²) in [6, 6.07) is 0. The molecule has 20 nitrogen and oxygen atoms in total. The van der Waals surface area contributed by atoms with Crippen molar-refractivity contribution in [2.75, 3.05) is 20.3 Å². The third kappa shape index (κ3) is 7.86. The molecule has 0 amide bonds. The smallest absolute Gasteiger partial charge is 0.335 e. The van der Waals surface area contributed by atoms with Crippen molar-refractivity contribution in [3.05, 3.63) is 11.6 Å². The molecule has 0 bridgehead atoms. The number of aldehydes is 1. The van der Waals surface area contributed by atoms with Gasteiger partial charge in [0.25, 0.3) is 0 Å². The molecule has 4 saturated carbocycles. The van der Waals surface area contributed by atoms with Gasteiger partial charge in [0.2, 0.25) is 0 Å². The zero-order valence-electron chi connectivity index (χ0n) is 40.0. The van der Waals surface area contributed by atoms with Gasteiger partial charge in [-0.05, 0) is 97.2 Å². The van der Waals surface area contributed by atoms with Crippen molar-refractivity contribution in [2.24, 2.45) is 50.2 Å². The Kier molecular flexibility index (Phi) is 14.1. The first kappa shape index (κ1) is 52.1. The standard InChI is InChI=1S/C48H74O20/c1-43(2)14-15-48(42(61)62-7)22(16-43)21-8-9-26-44(3)12-11-28(45(4,20-50)25(44)10-13-46(26,5)47(21,6)17-27(48)52)65-41-37(68-40-33(57)31(55)30(54)24(18-49)64-40)35(34(58)36(67-41)38(59)60)66-39-32(56)29(53)23(51)19-63-39/h8,20,22-37,39-41,49,51-58H,9-19H2,1-7H3,(H,59,60)/t22?,23-,24?,25?,26?,27-,28+,29?,30+,31?,32?,33+,34+,35?,36?,37+,39+,40+,41-,44?,45-,46-,47-,48-/m1/s1. The molecule has 386 valence electrons. The number of rotatable bonds is 10. The number of allylic oxidation sites excluding steroid dienone is 2. The van der Waals surface area contributed by atoms with Crippen LogP contribution in [0.1, 0.15) is 99.3 Å². The van der Waals surface area contributed by atoms with Crippen LogP contribution in [0.3, 0.4) is 0 Å². The number of aliphatic carboxylic acids is 1. The van der Waals surface area contributed by atoms with Crippen molar-refractivity contribution in [1.29, 1.82) is 0 Å². The molecule has 24 atom stereocenters. The largest absolute Gasteiger partial charge is 0.479 e. The van der Waals surface area contributed by atoms with Gasteiger partial charge in [-0.25, -0.2) is 4.79 Å². The Labute approximate surface area is 395 Å². The quantitative estimate of drug-likeness (QED) is 0.0580. The van der Waals surface area contributed by atoms with Crippen LogP contribution in [0.5, 0.6) is 0 Å². The van der Waals surface area contributed by atoms with Crippen molar-refractivity contribution in [1.82, 2.24) is 0 Å². The van der Waals surface area contributed by atoms with Crippen LogP contribution < -0.4 is 0 Å². The van der Waals surface area contributed by atoms with Crippen LogP contribution in [0.15, 0.2) is 11.6 Å². The summed E-state index contributed by atoms with van der Waals surface area (Å²) in [5.41, 5.74) is -2.59. The molecular weight excluding hydrogens is 897 g/mol. The molecule has 7 fully saturated rings. The Bertz CT molecular complexity index is 1930. The first-order chi connectivity index (χ1) is 31.8. The summed E-state index contributed by atoms with van der Waals surface area (Å²) in [5, 5.41) is 108. The summed E-state index contributed by atoms with van der Waals surface area (Å²) in [6.45, 7) is 11.6. The number of esters is 1. The monoisotopic (exact) mass is 970 g/mol. The number of aliphatic hydroxyl groups excluding tert-OH is 9. The van der Waals surface area contributed by atoms with E-state index in [0.29, 0.717) is 38.5 Å². The van der Waals surface area contributed by atoms with Crippen molar-refractivity contribution >= 4 is 18.2 Å². The van der Waals surface area contributed by atoms with Gasteiger partial charge >= 0.3 is 11.9 Å². The van der Waals surface area contributed by atoms with E-state index in [1.807, 2.05) is 0 Å². The fourth-order valence-electron chi connectivity index (χ4n) is 15.0. The highest BCUT2D eigenvalue weighted by Crippen LogP contribution is 2.76. The minimum Gasteiger partial charge on any atom is -0.479 e. The van der Waals surface area contributed by atoms with Crippen molar-refractivity contribution in [2.45, 2.75) is 198 Å². The lowest BCUT2D eigenvalue weighted by atomic mass is 9.33. The van der Waals surface area contributed by atoms with Gasteiger partial charge in [-0.1, -0.05) is 53.2 Å². The Morgan fingerprint density at radius 2 is 1.43 bits per heavy atom. The first-order valence-corrected chi connectivity index (χ1v) is 24.2. The first-order valence-electron chi connectivity index (χ1n) is 24.2. The number of ether oxygens (including phenoxy) is 7. The average molecular weight is 971 g/mol. The third-order valence-corrected chi connectivity index (χ3v) is 19.1. The van der Waals surface area contributed by atoms with Crippen LogP contribution in [0, 0.1) is 50.2 Å². The van der Waals surface area contributed by atoms with E-state index in [1.165, 1.54) is 12.7 Å². The molecule has 0 aromatic rings. The summed E-state index contributed by atoms with van der Waals surface area (Å²) in [7, 11) is 1.39. The topological polar surface area (TPSA) is 318 Å². The third-order valence-electron chi connectivity index (χ3n) is 19.1. The van der Waals surface area contributed by atoms with Gasteiger partial charge in [0.05, 0.1) is 37.9 Å². The van der Waals surface area contributed by atoms with E-state index in [4.69, 9.17) is 33.2 Å². The zero-order chi connectivity index (χ0) is 49.8. The Balaban J connectivity index is 1.13. The van der Waals surface area contributed by atoms with Gasteiger partial charge < -0.3 is 89.0 Å². The second kappa shape index (κ2) is 18.4. The van der Waals surface area contributed by atoms with Gasteiger partial charge in [0.1, 0.15) is 72.7 Å². The van der Waals surface area contributed by atoms with E-state index in [1.54, 1.807) is 6.92 Å². The highest BCUT2D eigenvalue weighted by Gasteiger charge is 2.72. The van der Waals surface area contributed by atoms with E-state index >= 15 is 0 Å². The highest BCUT2D eigenvalue weighted by molar-refractivity contribution is 5.79. The van der Waals surface area contributed by atoms with Crippen LogP contribution in [0.2, 0.25) is 0 Å². The fourth-order valence-corrected chi connectivity index (χ4v) is 15.0. The van der Waals surface area contributed by atoms with Crippen LogP contribution in [-0.2, 0) is 47.5 Å². The van der Waals surface area contributed by atoms with Crippen molar-refractivity contribution in [3.63, 3.8) is 0 Å². The van der Waals surface area contributed by atoms with E-state index in [2.05, 4.69) is 40.7 Å². The summed E-state index contributed by atoms with van der Waals surface area (Å²) in [5.74, 6) is -2.58. The molecule has 8 aliphatic rings. The molecule has 0 aromatic heterocycles. The Hall–Kier alpha value is -2.25. The van der Waals surface area contributed by atoms with Crippen LogP contribution in [0.25, 0.3) is 0 Å². The number of fused-ring (bicyclic) bond motifs is 7. The second-order valence-corrected chi connectivity index (χ2v) is 23.0. The normalized spacial score (nSPS) is 53.4. The maximum Gasteiger partial charge on any atom is 0.335 e. The molecule has 3 saturated heterocycles. The maximum absolute atomic E-state index is 13.9. The highest BCUT2D eigenvalue weighted by atomic mass is 16.8. The molecule has 20 heteroatoms. The van der Waals surface area contributed by atoms with Gasteiger partial charge in [-0.3, -0.25) is 4.79 Å². The molecule has 0 spiro atoms. The molecule has 10 unspecified atom stereocenters. The Morgan fingerprint density at radius 3 is 2.07 bits per heavy atom. The van der Waals surface area contributed by atoms with Gasteiger partial charge in [-0.15, -0.1) is 0 Å². The number of hydrogen-bond acceptors (Lipinski definition) is 19. The van der Waals surface area contributed by atoms with Gasteiger partial charge in [-0.2, -0.15) is 0 Å². The van der Waals surface area contributed by atoms with Crippen molar-refractivity contribution < 1.29 is 98.6 Å². The van der Waals surface area contributed by atoms with Crippen molar-refractivity contribution in [3.8, 4) is 0 Å². The van der Waals surface area contributed by atoms with E-state index < -0.39 is 139 Å². The van der Waals surface area contributed by atoms with Crippen LogP contribution in [0.4, 0.5) is 0 Å². The van der Waals surface area contributed by atoms with E-state index in [0.717, 1.165) is 19.1 Å². The lowest BCUT2D eigenvalue weighted by Crippen LogP contribution is -2.69. The molecule has 68 heavy (non-hydrogen) atoms. The summed E-state index contributed by atoms with van der Waals surface area (Å²) in [4.78, 5) is 40.4. The molecule has 5 aliphatic carbocycles. The van der Waals surface area contributed by atoms with Gasteiger partial charge in [0, 0.05) is 0 Å². The second-order valence-electron chi connectivity index (χ2n) is 23.0. The molecule has 3 aliphatic heterocycles. The maximum atomic E-state index is 13.9. The molecule has 8 rings (SSSR count). The van der Waals surface area contributed by atoms with Crippen LogP contribution >= 0.6 is 0 Å². The fraction of sp³-hybridized carbons (Fsp3) is 0.896. The molecule has 0 radical (unpaired) electrons. The predicted octanol–water partition coefficient (Wildman–Crippen LogP) is -0.324. The number of carbonyl (C=O) groups excluding carboxylic acids is 2. The summed E-state index contributed by atoms with van der Waals surface area (Å²) < 4.78 is 41.4.